The molecular formula is C8H3BrFNO2S. The van der Waals surface area contributed by atoms with Crippen molar-refractivity contribution in [3.05, 3.63) is 37.9 Å². The highest BCUT2D eigenvalue weighted by atomic mass is 79.9. The fourth-order valence-corrected chi connectivity index (χ4v) is 2.78. The standard InChI is InChI=1S/C8H3BrFNO2S/c9-7-6(11(12)13)2-1-4-5(10)3-14-8(4)7/h1-3H. The highest BCUT2D eigenvalue weighted by Crippen LogP contribution is 2.37. The number of benzene rings is 1. The van der Waals surface area contributed by atoms with E-state index >= 15 is 0 Å². The van der Waals surface area contributed by atoms with Crippen LogP contribution in [0.15, 0.2) is 22.0 Å². The summed E-state index contributed by atoms with van der Waals surface area (Å²) in [6.45, 7) is 0. The van der Waals surface area contributed by atoms with Gasteiger partial charge in [-0.3, -0.25) is 10.1 Å². The first-order valence-electron chi connectivity index (χ1n) is 3.61. The summed E-state index contributed by atoms with van der Waals surface area (Å²) in [5.41, 5.74) is -0.0423. The van der Waals surface area contributed by atoms with Crippen LogP contribution in [0.3, 0.4) is 0 Å². The van der Waals surface area contributed by atoms with Crippen LogP contribution in [0, 0.1) is 15.9 Å². The second kappa shape index (κ2) is 3.29. The van der Waals surface area contributed by atoms with Crippen molar-refractivity contribution in [3.63, 3.8) is 0 Å². The van der Waals surface area contributed by atoms with Gasteiger partial charge in [-0.25, -0.2) is 4.39 Å². The highest BCUT2D eigenvalue weighted by molar-refractivity contribution is 9.10. The maximum absolute atomic E-state index is 13.1. The summed E-state index contributed by atoms with van der Waals surface area (Å²) in [6, 6.07) is 2.71. The second-order valence-electron chi connectivity index (χ2n) is 2.62. The van der Waals surface area contributed by atoms with Crippen LogP contribution in [0.1, 0.15) is 0 Å². The molecule has 0 bridgehead atoms. The average molecular weight is 276 g/mol. The third-order valence-electron chi connectivity index (χ3n) is 1.81. The lowest BCUT2D eigenvalue weighted by Gasteiger charge is -1.96. The number of nitrogens with zero attached hydrogens (tertiary/aromatic N) is 1. The average Bonchev–Trinajstić information content (AvgIpc) is 2.49. The van der Waals surface area contributed by atoms with Crippen LogP contribution >= 0.6 is 27.3 Å². The second-order valence-corrected chi connectivity index (χ2v) is 4.29. The highest BCUT2D eigenvalue weighted by Gasteiger charge is 2.17. The van der Waals surface area contributed by atoms with Crippen LogP contribution in [-0.2, 0) is 0 Å². The smallest absolute Gasteiger partial charge is 0.258 e. The van der Waals surface area contributed by atoms with Crippen LogP contribution in [0.4, 0.5) is 10.1 Å². The van der Waals surface area contributed by atoms with E-state index in [0.717, 1.165) is 11.3 Å². The molecule has 0 saturated heterocycles. The number of hydrogen-bond donors (Lipinski definition) is 0. The summed E-state index contributed by atoms with van der Waals surface area (Å²) < 4.78 is 14.0. The number of thiophene rings is 1. The number of hydrogen-bond acceptors (Lipinski definition) is 3. The van der Waals surface area contributed by atoms with Crippen LogP contribution in [0.25, 0.3) is 10.1 Å². The predicted octanol–water partition coefficient (Wildman–Crippen LogP) is 3.71. The van der Waals surface area contributed by atoms with Crippen molar-refractivity contribution < 1.29 is 9.31 Å². The molecule has 0 aliphatic carbocycles. The van der Waals surface area contributed by atoms with Gasteiger partial charge in [0.25, 0.3) is 5.69 Å². The zero-order chi connectivity index (χ0) is 10.3. The Balaban J connectivity index is 2.82. The zero-order valence-corrected chi connectivity index (χ0v) is 9.06. The van der Waals surface area contributed by atoms with Crippen LogP contribution < -0.4 is 0 Å². The SMILES string of the molecule is O=[N+]([O-])c1ccc2c(F)csc2c1Br. The fourth-order valence-electron chi connectivity index (χ4n) is 1.16. The molecule has 3 nitrogen and oxygen atoms in total. The molecule has 0 spiro atoms. The van der Waals surface area contributed by atoms with E-state index in [0.29, 0.717) is 14.6 Å². The lowest BCUT2D eigenvalue weighted by atomic mass is 10.2. The molecule has 0 saturated carbocycles. The number of nitro groups is 1. The molecule has 2 aromatic rings. The van der Waals surface area contributed by atoms with Gasteiger partial charge in [-0.05, 0) is 22.0 Å². The Bertz CT molecular complexity index is 525. The maximum atomic E-state index is 13.1. The van der Waals surface area contributed by atoms with E-state index < -0.39 is 4.92 Å². The first-order valence-corrected chi connectivity index (χ1v) is 5.28. The topological polar surface area (TPSA) is 43.1 Å². The fraction of sp³-hybridized carbons (Fsp3) is 0. The van der Waals surface area contributed by atoms with E-state index in [1.807, 2.05) is 0 Å². The van der Waals surface area contributed by atoms with Gasteiger partial charge in [-0.1, -0.05) is 0 Å². The summed E-state index contributed by atoms with van der Waals surface area (Å²) in [6.07, 6.45) is 0. The summed E-state index contributed by atoms with van der Waals surface area (Å²) in [7, 11) is 0. The van der Waals surface area contributed by atoms with E-state index in [-0.39, 0.29) is 11.5 Å². The number of halogens is 2. The normalized spacial score (nSPS) is 10.7. The zero-order valence-electron chi connectivity index (χ0n) is 6.66. The minimum absolute atomic E-state index is 0.0423. The third-order valence-corrected chi connectivity index (χ3v) is 3.86. The Labute approximate surface area is 90.4 Å². The minimum Gasteiger partial charge on any atom is -0.258 e. The quantitative estimate of drug-likeness (QED) is 0.588. The largest absolute Gasteiger partial charge is 0.284 e. The molecule has 0 N–H and O–H groups in total. The van der Waals surface area contributed by atoms with E-state index in [9.17, 15) is 14.5 Å². The molecular weight excluding hydrogens is 273 g/mol. The van der Waals surface area contributed by atoms with E-state index in [2.05, 4.69) is 15.9 Å². The van der Waals surface area contributed by atoms with Crippen molar-refractivity contribution >= 4 is 43.0 Å². The third kappa shape index (κ3) is 1.31. The summed E-state index contributed by atoms with van der Waals surface area (Å²) in [4.78, 5) is 10.1. The van der Waals surface area contributed by atoms with Crippen LogP contribution in [0.2, 0.25) is 0 Å². The van der Waals surface area contributed by atoms with Gasteiger partial charge in [0, 0.05) is 16.8 Å². The molecule has 0 unspecified atom stereocenters. The molecule has 2 rings (SSSR count). The molecule has 6 heteroatoms. The van der Waals surface area contributed by atoms with E-state index in [1.165, 1.54) is 17.5 Å². The molecule has 0 aliphatic heterocycles. The van der Waals surface area contributed by atoms with Gasteiger partial charge in [0.05, 0.1) is 9.62 Å². The van der Waals surface area contributed by atoms with Gasteiger partial charge >= 0.3 is 0 Å². The van der Waals surface area contributed by atoms with Gasteiger partial charge in [0.15, 0.2) is 0 Å². The van der Waals surface area contributed by atoms with Crippen molar-refractivity contribution in [2.45, 2.75) is 0 Å². The summed E-state index contributed by atoms with van der Waals surface area (Å²) in [5, 5.41) is 12.3. The molecule has 1 aromatic heterocycles. The molecule has 14 heavy (non-hydrogen) atoms. The minimum atomic E-state index is -0.499. The molecule has 0 atom stereocenters. The van der Waals surface area contributed by atoms with Crippen molar-refractivity contribution in [1.82, 2.24) is 0 Å². The van der Waals surface area contributed by atoms with Crippen molar-refractivity contribution in [2.75, 3.05) is 0 Å². The van der Waals surface area contributed by atoms with Crippen molar-refractivity contribution in [3.8, 4) is 0 Å². The van der Waals surface area contributed by atoms with E-state index in [1.54, 1.807) is 0 Å². The van der Waals surface area contributed by atoms with Crippen molar-refractivity contribution in [1.29, 1.82) is 0 Å². The van der Waals surface area contributed by atoms with Crippen LogP contribution in [0.5, 0.6) is 0 Å². The summed E-state index contributed by atoms with van der Waals surface area (Å²) in [5.74, 6) is -0.347. The lowest BCUT2D eigenvalue weighted by Crippen LogP contribution is -1.88. The van der Waals surface area contributed by atoms with Crippen LogP contribution in [-0.4, -0.2) is 4.92 Å². The molecule has 1 heterocycles. The lowest BCUT2D eigenvalue weighted by molar-refractivity contribution is -0.385. The molecule has 0 fully saturated rings. The van der Waals surface area contributed by atoms with Gasteiger partial charge in [-0.15, -0.1) is 11.3 Å². The van der Waals surface area contributed by atoms with Gasteiger partial charge < -0.3 is 0 Å². The Kier molecular flexibility index (Phi) is 2.24. The number of nitro benzene ring substituents is 1. The molecule has 0 amide bonds. The number of rotatable bonds is 1. The summed E-state index contributed by atoms with van der Waals surface area (Å²) >= 11 is 4.24. The van der Waals surface area contributed by atoms with Gasteiger partial charge in [-0.2, -0.15) is 0 Å². The molecule has 1 aromatic carbocycles. The Hall–Kier alpha value is -1.01. The van der Waals surface area contributed by atoms with Gasteiger partial charge in [0.1, 0.15) is 10.3 Å². The number of fused-ring (bicyclic) bond motifs is 1. The maximum Gasteiger partial charge on any atom is 0.284 e. The van der Waals surface area contributed by atoms with E-state index in [4.69, 9.17) is 0 Å². The van der Waals surface area contributed by atoms with Crippen molar-refractivity contribution in [2.24, 2.45) is 0 Å². The first-order chi connectivity index (χ1) is 6.61. The molecule has 0 radical (unpaired) electrons. The molecule has 72 valence electrons. The molecule has 0 aliphatic rings. The predicted molar refractivity (Wildman–Crippen MR) is 56.1 cm³/mol. The monoisotopic (exact) mass is 275 g/mol. The van der Waals surface area contributed by atoms with Gasteiger partial charge in [0.2, 0.25) is 0 Å². The Morgan fingerprint density at radius 3 is 2.86 bits per heavy atom. The Morgan fingerprint density at radius 1 is 1.50 bits per heavy atom. The first kappa shape index (κ1) is 9.54. The Morgan fingerprint density at radius 2 is 2.21 bits per heavy atom.